The van der Waals surface area contributed by atoms with Crippen molar-refractivity contribution < 1.29 is 24.0 Å². The molecule has 1 N–H and O–H groups in total. The van der Waals surface area contributed by atoms with Crippen LogP contribution < -0.4 is 14.8 Å². The van der Waals surface area contributed by atoms with Crippen LogP contribution in [0.5, 0.6) is 11.5 Å². The smallest absolute Gasteiger partial charge is 0.273 e. The number of benzene rings is 2. The highest BCUT2D eigenvalue weighted by Crippen LogP contribution is 2.37. The van der Waals surface area contributed by atoms with E-state index in [9.17, 15) is 19.7 Å². The SMILES string of the molecule is CCOc1ccccc1N=C1S[C@H](CC(=O)Nc2ccc([N+](=O)[O-])cc2OC)C(=O)N1[C@H](C)CCC(C)C. The Hall–Kier alpha value is -3.60. The van der Waals surface area contributed by atoms with E-state index in [2.05, 4.69) is 19.2 Å². The Morgan fingerprint density at radius 2 is 1.92 bits per heavy atom. The number of hydrogen-bond donors (Lipinski definition) is 1. The zero-order valence-electron chi connectivity index (χ0n) is 22.3. The number of amidine groups is 1. The molecule has 3 rings (SSSR count). The van der Waals surface area contributed by atoms with E-state index in [4.69, 9.17) is 14.5 Å². The van der Waals surface area contributed by atoms with Gasteiger partial charge in [0.2, 0.25) is 11.8 Å². The van der Waals surface area contributed by atoms with Crippen LogP contribution in [0, 0.1) is 16.0 Å². The number of non-ortho nitro benzene ring substituents is 1. The zero-order chi connectivity index (χ0) is 27.8. The van der Waals surface area contributed by atoms with E-state index in [-0.39, 0.29) is 29.8 Å². The molecule has 1 heterocycles. The molecule has 2 amide bonds. The third-order valence-corrected chi connectivity index (χ3v) is 7.14. The summed E-state index contributed by atoms with van der Waals surface area (Å²) in [4.78, 5) is 43.5. The number of nitro benzene ring substituents is 1. The summed E-state index contributed by atoms with van der Waals surface area (Å²) in [5, 5.41) is 13.6. The number of anilines is 1. The maximum absolute atomic E-state index is 13.5. The predicted molar refractivity (Wildman–Crippen MR) is 149 cm³/mol. The molecule has 2 aromatic carbocycles. The molecule has 0 spiro atoms. The lowest BCUT2D eigenvalue weighted by Crippen LogP contribution is -2.40. The molecule has 1 fully saturated rings. The Balaban J connectivity index is 1.84. The van der Waals surface area contributed by atoms with Gasteiger partial charge in [-0.3, -0.25) is 24.6 Å². The molecule has 0 bridgehead atoms. The molecule has 0 saturated carbocycles. The van der Waals surface area contributed by atoms with Gasteiger partial charge in [-0.15, -0.1) is 0 Å². The van der Waals surface area contributed by atoms with Crippen molar-refractivity contribution in [2.45, 2.75) is 58.2 Å². The Morgan fingerprint density at radius 3 is 2.58 bits per heavy atom. The average Bonchev–Trinajstić information content (AvgIpc) is 3.18. The minimum Gasteiger partial charge on any atom is -0.494 e. The summed E-state index contributed by atoms with van der Waals surface area (Å²) in [6.07, 6.45) is 1.65. The monoisotopic (exact) mass is 542 g/mol. The number of rotatable bonds is 12. The zero-order valence-corrected chi connectivity index (χ0v) is 23.1. The molecule has 1 saturated heterocycles. The number of nitrogens with one attached hydrogen (secondary N) is 1. The van der Waals surface area contributed by atoms with E-state index >= 15 is 0 Å². The first-order chi connectivity index (χ1) is 18.1. The molecule has 10 nitrogen and oxygen atoms in total. The van der Waals surface area contributed by atoms with Gasteiger partial charge in [0.25, 0.3) is 5.69 Å². The standard InChI is InChI=1S/C27H34N4O6S/c1-6-37-22-10-8-7-9-20(22)29-27-30(18(4)12-11-17(2)3)26(33)24(38-27)16-25(32)28-21-14-13-19(31(34)35)15-23(21)36-5/h7-10,13-15,17-18,24H,6,11-12,16H2,1-5H3,(H,28,32)/t18-,24-/m1/s1. The van der Waals surface area contributed by atoms with Crippen LogP contribution in [0.3, 0.4) is 0 Å². The molecule has 1 aliphatic heterocycles. The second-order valence-electron chi connectivity index (χ2n) is 9.32. The number of thioether (sulfide) groups is 1. The Morgan fingerprint density at radius 1 is 1.18 bits per heavy atom. The van der Waals surface area contributed by atoms with E-state index in [1.165, 1.54) is 37.1 Å². The number of amides is 2. The molecule has 2 atom stereocenters. The van der Waals surface area contributed by atoms with E-state index in [1.807, 2.05) is 38.1 Å². The fourth-order valence-electron chi connectivity index (χ4n) is 4.00. The van der Waals surface area contributed by atoms with Gasteiger partial charge in [-0.05, 0) is 50.8 Å². The molecule has 38 heavy (non-hydrogen) atoms. The number of nitro groups is 1. The van der Waals surface area contributed by atoms with Crippen LogP contribution in [0.25, 0.3) is 0 Å². The number of nitrogens with zero attached hydrogens (tertiary/aromatic N) is 3. The first-order valence-electron chi connectivity index (χ1n) is 12.6. The van der Waals surface area contributed by atoms with E-state index < -0.39 is 16.1 Å². The fourth-order valence-corrected chi connectivity index (χ4v) is 5.24. The summed E-state index contributed by atoms with van der Waals surface area (Å²) in [5.74, 6) is 0.687. The molecule has 204 valence electrons. The molecule has 2 aromatic rings. The maximum Gasteiger partial charge on any atom is 0.273 e. The summed E-state index contributed by atoms with van der Waals surface area (Å²) in [5.41, 5.74) is 0.757. The number of para-hydroxylation sites is 2. The Labute approximate surface area is 226 Å². The van der Waals surface area contributed by atoms with Crippen LogP contribution in [0.4, 0.5) is 17.1 Å². The van der Waals surface area contributed by atoms with Crippen molar-refractivity contribution >= 4 is 45.8 Å². The summed E-state index contributed by atoms with van der Waals surface area (Å²) in [6, 6.07) is 11.2. The van der Waals surface area contributed by atoms with Crippen LogP contribution >= 0.6 is 11.8 Å². The van der Waals surface area contributed by atoms with Crippen molar-refractivity contribution in [2.75, 3.05) is 19.0 Å². The molecule has 0 radical (unpaired) electrons. The first kappa shape index (κ1) is 29.0. The highest BCUT2D eigenvalue weighted by atomic mass is 32.2. The maximum atomic E-state index is 13.5. The van der Waals surface area contributed by atoms with Crippen LogP contribution in [0.15, 0.2) is 47.5 Å². The van der Waals surface area contributed by atoms with Gasteiger partial charge in [-0.1, -0.05) is 37.7 Å². The highest BCUT2D eigenvalue weighted by molar-refractivity contribution is 8.15. The summed E-state index contributed by atoms with van der Waals surface area (Å²) >= 11 is 1.26. The second kappa shape index (κ2) is 13.3. The second-order valence-corrected chi connectivity index (χ2v) is 10.5. The largest absolute Gasteiger partial charge is 0.494 e. The van der Waals surface area contributed by atoms with Crippen molar-refractivity contribution in [3.63, 3.8) is 0 Å². The number of carbonyl (C=O) groups is 2. The van der Waals surface area contributed by atoms with Gasteiger partial charge < -0.3 is 14.8 Å². The molecule has 1 aliphatic rings. The van der Waals surface area contributed by atoms with Crippen molar-refractivity contribution in [1.82, 2.24) is 4.90 Å². The highest BCUT2D eigenvalue weighted by Gasteiger charge is 2.41. The first-order valence-corrected chi connectivity index (χ1v) is 13.4. The van der Waals surface area contributed by atoms with Crippen molar-refractivity contribution in [3.05, 3.63) is 52.6 Å². The number of carbonyl (C=O) groups excluding carboxylic acids is 2. The van der Waals surface area contributed by atoms with Crippen molar-refractivity contribution in [3.8, 4) is 11.5 Å². The average molecular weight is 543 g/mol. The number of hydrogen-bond acceptors (Lipinski definition) is 8. The van der Waals surface area contributed by atoms with Gasteiger partial charge in [0, 0.05) is 18.5 Å². The van der Waals surface area contributed by atoms with Crippen molar-refractivity contribution in [1.29, 1.82) is 0 Å². The minimum absolute atomic E-state index is 0.0941. The van der Waals surface area contributed by atoms with Crippen LogP contribution in [0.1, 0.15) is 47.0 Å². The third kappa shape index (κ3) is 7.25. The number of aliphatic imine (C=N–C) groups is 1. The topological polar surface area (TPSA) is 123 Å². The van der Waals surface area contributed by atoms with E-state index in [0.717, 1.165) is 12.8 Å². The third-order valence-electron chi connectivity index (χ3n) is 5.99. The van der Waals surface area contributed by atoms with Crippen molar-refractivity contribution in [2.24, 2.45) is 10.9 Å². The lowest BCUT2D eigenvalue weighted by Gasteiger charge is -2.25. The van der Waals surface area contributed by atoms with Gasteiger partial charge in [0.15, 0.2) is 5.17 Å². The number of methoxy groups -OCH3 is 1. The molecule has 11 heteroatoms. The van der Waals surface area contributed by atoms with Crippen LogP contribution in [0.2, 0.25) is 0 Å². The van der Waals surface area contributed by atoms with Crippen LogP contribution in [-0.4, -0.2) is 51.8 Å². The lowest BCUT2D eigenvalue weighted by molar-refractivity contribution is -0.384. The fraction of sp³-hybridized carbons (Fsp3) is 0.444. The summed E-state index contributed by atoms with van der Waals surface area (Å²) in [7, 11) is 1.37. The summed E-state index contributed by atoms with van der Waals surface area (Å²) in [6.45, 7) is 8.65. The number of ether oxygens (including phenoxy) is 2. The normalized spacial score (nSPS) is 17.1. The Kier molecular flexibility index (Phi) is 10.1. The Bertz CT molecular complexity index is 1200. The van der Waals surface area contributed by atoms with E-state index in [0.29, 0.717) is 34.8 Å². The summed E-state index contributed by atoms with van der Waals surface area (Å²) < 4.78 is 10.9. The van der Waals surface area contributed by atoms with Gasteiger partial charge in [-0.25, -0.2) is 4.99 Å². The van der Waals surface area contributed by atoms with Crippen LogP contribution in [-0.2, 0) is 9.59 Å². The quantitative estimate of drug-likeness (QED) is 0.266. The molecule has 0 unspecified atom stereocenters. The molecular formula is C27H34N4O6S. The minimum atomic E-state index is -0.668. The van der Waals surface area contributed by atoms with Gasteiger partial charge in [0.05, 0.1) is 30.4 Å². The molecule has 0 aromatic heterocycles. The molecular weight excluding hydrogens is 508 g/mol. The van der Waals surface area contributed by atoms with Gasteiger partial charge >= 0.3 is 0 Å². The van der Waals surface area contributed by atoms with Gasteiger partial charge in [0.1, 0.15) is 22.4 Å². The van der Waals surface area contributed by atoms with E-state index in [1.54, 1.807) is 4.90 Å². The predicted octanol–water partition coefficient (Wildman–Crippen LogP) is 5.79. The molecule has 0 aliphatic carbocycles. The van der Waals surface area contributed by atoms with Gasteiger partial charge in [-0.2, -0.15) is 0 Å². The lowest BCUT2D eigenvalue weighted by atomic mass is 10.0.